The van der Waals surface area contributed by atoms with Gasteiger partial charge in [-0.25, -0.2) is 8.78 Å². The van der Waals surface area contributed by atoms with E-state index in [0.717, 1.165) is 17.8 Å². The first-order chi connectivity index (χ1) is 10.1. The maximum atomic E-state index is 12.3. The molecule has 1 saturated heterocycles. The summed E-state index contributed by atoms with van der Waals surface area (Å²) < 4.78 is 30.7. The minimum absolute atomic E-state index is 0.0161. The summed E-state index contributed by atoms with van der Waals surface area (Å²) in [6.45, 7) is 3.62. The zero-order chi connectivity index (χ0) is 15.2. The molecule has 7 nitrogen and oxygen atoms in total. The highest BCUT2D eigenvalue weighted by molar-refractivity contribution is 5.96. The Labute approximate surface area is 121 Å². The Morgan fingerprint density at radius 3 is 2.86 bits per heavy atom. The molecule has 0 aliphatic carbocycles. The molecule has 2 heterocycles. The molecule has 0 spiro atoms. The number of alkyl halides is 2. The molecule has 0 atom stereocenters. The van der Waals surface area contributed by atoms with E-state index in [1.807, 2.05) is 0 Å². The highest BCUT2D eigenvalue weighted by Crippen LogP contribution is 2.10. The summed E-state index contributed by atoms with van der Waals surface area (Å²) in [6.07, 6.45) is -1.30. The number of nitrogens with two attached hydrogens (primary N) is 1. The van der Waals surface area contributed by atoms with Crippen molar-refractivity contribution in [3.8, 4) is 0 Å². The fourth-order valence-electron chi connectivity index (χ4n) is 2.08. The molecule has 1 fully saturated rings. The van der Waals surface area contributed by atoms with Gasteiger partial charge in [-0.1, -0.05) is 0 Å². The molecule has 2 rings (SSSR count). The van der Waals surface area contributed by atoms with Crippen molar-refractivity contribution in [2.45, 2.75) is 13.0 Å². The molecular formula is C12H19F2N5O2. The van der Waals surface area contributed by atoms with Crippen LogP contribution in [0.1, 0.15) is 10.5 Å². The molecule has 0 radical (unpaired) electrons. The van der Waals surface area contributed by atoms with Crippen molar-refractivity contribution >= 4 is 11.6 Å². The number of nitrogens with one attached hydrogen (secondary N) is 1. The number of halogens is 2. The van der Waals surface area contributed by atoms with Gasteiger partial charge in [0.15, 0.2) is 5.69 Å². The van der Waals surface area contributed by atoms with Gasteiger partial charge in [0.25, 0.3) is 12.3 Å². The molecule has 9 heteroatoms. The fraction of sp³-hybridized carbons (Fsp3) is 0.667. The van der Waals surface area contributed by atoms with Crippen molar-refractivity contribution in [3.63, 3.8) is 0 Å². The summed E-state index contributed by atoms with van der Waals surface area (Å²) in [5.74, 6) is -0.450. The predicted octanol–water partition coefficient (Wildman–Crippen LogP) is -0.208. The van der Waals surface area contributed by atoms with E-state index in [9.17, 15) is 13.6 Å². The lowest BCUT2D eigenvalue weighted by Crippen LogP contribution is -2.41. The summed E-state index contributed by atoms with van der Waals surface area (Å²) >= 11 is 0. The lowest BCUT2D eigenvalue weighted by atomic mass is 10.3. The second kappa shape index (κ2) is 7.32. The van der Waals surface area contributed by atoms with Gasteiger partial charge in [-0.15, -0.1) is 0 Å². The van der Waals surface area contributed by atoms with E-state index < -0.39 is 18.9 Å². The van der Waals surface area contributed by atoms with Gasteiger partial charge in [0, 0.05) is 32.4 Å². The summed E-state index contributed by atoms with van der Waals surface area (Å²) in [5, 5.41) is 6.47. The third-order valence-electron chi connectivity index (χ3n) is 3.15. The van der Waals surface area contributed by atoms with E-state index in [0.29, 0.717) is 26.3 Å². The highest BCUT2D eigenvalue weighted by Gasteiger charge is 2.17. The van der Waals surface area contributed by atoms with Crippen molar-refractivity contribution in [2.24, 2.45) is 0 Å². The summed E-state index contributed by atoms with van der Waals surface area (Å²) in [4.78, 5) is 14.1. The molecule has 0 unspecified atom stereocenters. The molecule has 0 bridgehead atoms. The lowest BCUT2D eigenvalue weighted by molar-refractivity contribution is 0.0383. The number of aromatic nitrogens is 2. The first kappa shape index (κ1) is 15.6. The van der Waals surface area contributed by atoms with Crippen LogP contribution in [-0.4, -0.2) is 66.4 Å². The number of carbonyl (C=O) groups is 1. The maximum Gasteiger partial charge on any atom is 0.273 e. The average Bonchev–Trinajstić information content (AvgIpc) is 2.80. The third kappa shape index (κ3) is 4.64. The predicted molar refractivity (Wildman–Crippen MR) is 72.2 cm³/mol. The number of amides is 1. The standard InChI is InChI=1S/C12H19F2N5O2/c13-10(14)8-19-7-9(15)11(17-19)12(20)16-1-2-18-3-5-21-6-4-18/h7,10H,1-6,8,15H2,(H,16,20). The largest absolute Gasteiger partial charge is 0.396 e. The van der Waals surface area contributed by atoms with Crippen LogP contribution in [0.3, 0.4) is 0 Å². The number of rotatable bonds is 6. The maximum absolute atomic E-state index is 12.3. The van der Waals surface area contributed by atoms with Crippen LogP contribution in [0.25, 0.3) is 0 Å². The van der Waals surface area contributed by atoms with Gasteiger partial charge >= 0.3 is 0 Å². The van der Waals surface area contributed by atoms with Crippen LogP contribution < -0.4 is 11.1 Å². The third-order valence-corrected chi connectivity index (χ3v) is 3.15. The Morgan fingerprint density at radius 1 is 1.48 bits per heavy atom. The molecule has 118 valence electrons. The molecule has 1 aliphatic rings. The van der Waals surface area contributed by atoms with Crippen molar-refractivity contribution in [1.29, 1.82) is 0 Å². The Kier molecular flexibility index (Phi) is 5.45. The second-order valence-corrected chi connectivity index (χ2v) is 4.76. The van der Waals surface area contributed by atoms with E-state index in [-0.39, 0.29) is 11.4 Å². The van der Waals surface area contributed by atoms with Gasteiger partial charge in [-0.2, -0.15) is 5.10 Å². The zero-order valence-corrected chi connectivity index (χ0v) is 11.6. The Hall–Kier alpha value is -1.74. The van der Waals surface area contributed by atoms with E-state index in [1.165, 1.54) is 6.20 Å². The van der Waals surface area contributed by atoms with E-state index >= 15 is 0 Å². The van der Waals surface area contributed by atoms with Crippen molar-refractivity contribution in [1.82, 2.24) is 20.0 Å². The molecule has 1 aromatic rings. The number of nitrogens with zero attached hydrogens (tertiary/aromatic N) is 3. The number of ether oxygens (including phenoxy) is 1. The van der Waals surface area contributed by atoms with Gasteiger partial charge in [0.2, 0.25) is 0 Å². The monoisotopic (exact) mass is 303 g/mol. The summed E-state index contributed by atoms with van der Waals surface area (Å²) in [5.41, 5.74) is 5.70. The topological polar surface area (TPSA) is 85.4 Å². The number of morpholine rings is 1. The SMILES string of the molecule is Nc1cn(CC(F)F)nc1C(=O)NCCN1CCOCC1. The molecule has 3 N–H and O–H groups in total. The van der Waals surface area contributed by atoms with Crippen LogP contribution in [0.5, 0.6) is 0 Å². The van der Waals surface area contributed by atoms with Gasteiger partial charge in [-0.3, -0.25) is 14.4 Å². The van der Waals surface area contributed by atoms with Gasteiger partial charge < -0.3 is 15.8 Å². The van der Waals surface area contributed by atoms with Crippen LogP contribution >= 0.6 is 0 Å². The van der Waals surface area contributed by atoms with Gasteiger partial charge in [0.05, 0.1) is 18.9 Å². The highest BCUT2D eigenvalue weighted by atomic mass is 19.3. The molecule has 0 saturated carbocycles. The molecular weight excluding hydrogens is 284 g/mol. The summed E-state index contributed by atoms with van der Waals surface area (Å²) in [6, 6.07) is 0. The normalized spacial score (nSPS) is 16.3. The number of carbonyl (C=O) groups excluding carboxylic acids is 1. The van der Waals surface area contributed by atoms with Crippen LogP contribution in [-0.2, 0) is 11.3 Å². The number of nitrogen functional groups attached to an aromatic ring is 1. The van der Waals surface area contributed by atoms with Gasteiger partial charge in [-0.05, 0) is 0 Å². The Balaban J connectivity index is 1.81. The van der Waals surface area contributed by atoms with Gasteiger partial charge in [0.1, 0.15) is 6.54 Å². The van der Waals surface area contributed by atoms with E-state index in [1.54, 1.807) is 0 Å². The number of hydrogen-bond acceptors (Lipinski definition) is 5. The quantitative estimate of drug-likeness (QED) is 0.760. The molecule has 1 amide bonds. The first-order valence-corrected chi connectivity index (χ1v) is 6.75. The Morgan fingerprint density at radius 2 is 2.19 bits per heavy atom. The second-order valence-electron chi connectivity index (χ2n) is 4.76. The van der Waals surface area contributed by atoms with Crippen molar-refractivity contribution in [3.05, 3.63) is 11.9 Å². The summed E-state index contributed by atoms with van der Waals surface area (Å²) in [7, 11) is 0. The minimum atomic E-state index is -2.54. The van der Waals surface area contributed by atoms with Crippen molar-refractivity contribution < 1.29 is 18.3 Å². The minimum Gasteiger partial charge on any atom is -0.396 e. The molecule has 0 aromatic carbocycles. The van der Waals surface area contributed by atoms with E-state index in [2.05, 4.69) is 15.3 Å². The number of anilines is 1. The smallest absolute Gasteiger partial charge is 0.273 e. The first-order valence-electron chi connectivity index (χ1n) is 6.75. The zero-order valence-electron chi connectivity index (χ0n) is 11.6. The van der Waals surface area contributed by atoms with Crippen LogP contribution in [0, 0.1) is 0 Å². The lowest BCUT2D eigenvalue weighted by Gasteiger charge is -2.26. The number of hydrogen-bond donors (Lipinski definition) is 2. The Bertz CT molecular complexity index is 474. The van der Waals surface area contributed by atoms with Crippen LogP contribution in [0.2, 0.25) is 0 Å². The molecule has 1 aromatic heterocycles. The molecule has 21 heavy (non-hydrogen) atoms. The molecule has 1 aliphatic heterocycles. The fourth-order valence-corrected chi connectivity index (χ4v) is 2.08. The van der Waals surface area contributed by atoms with Crippen LogP contribution in [0.4, 0.5) is 14.5 Å². The van der Waals surface area contributed by atoms with Crippen LogP contribution in [0.15, 0.2) is 6.20 Å². The van der Waals surface area contributed by atoms with Crippen molar-refractivity contribution in [2.75, 3.05) is 45.1 Å². The van der Waals surface area contributed by atoms with E-state index in [4.69, 9.17) is 10.5 Å². The average molecular weight is 303 g/mol.